The summed E-state index contributed by atoms with van der Waals surface area (Å²) in [6, 6.07) is 4.82. The van der Waals surface area contributed by atoms with Crippen molar-refractivity contribution < 1.29 is 13.7 Å². The van der Waals surface area contributed by atoms with Gasteiger partial charge in [0, 0.05) is 39.9 Å². The predicted octanol–water partition coefficient (Wildman–Crippen LogP) is 2.35. The second-order valence-corrected chi connectivity index (χ2v) is 7.08. The van der Waals surface area contributed by atoms with Crippen molar-refractivity contribution in [3.05, 3.63) is 28.2 Å². The topological polar surface area (TPSA) is 46.6 Å². The first-order valence-corrected chi connectivity index (χ1v) is 8.44. The fourth-order valence-electron chi connectivity index (χ4n) is 2.05. The third kappa shape index (κ3) is 3.87. The van der Waals surface area contributed by atoms with Crippen molar-refractivity contribution in [3.8, 4) is 5.75 Å². The lowest BCUT2D eigenvalue weighted by atomic mass is 10.3. The number of halogens is 2. The molecule has 2 atom stereocenters. The molecular formula is C13H15Cl2NO3S. The highest BCUT2D eigenvalue weighted by Crippen LogP contribution is 2.27. The van der Waals surface area contributed by atoms with E-state index >= 15 is 0 Å². The maximum Gasteiger partial charge on any atom is 0.260 e. The van der Waals surface area contributed by atoms with Crippen molar-refractivity contribution in [1.29, 1.82) is 0 Å². The van der Waals surface area contributed by atoms with Crippen LogP contribution in [0.3, 0.4) is 0 Å². The second kappa shape index (κ2) is 6.78. The summed E-state index contributed by atoms with van der Waals surface area (Å²) in [6.07, 6.45) is 0. The van der Waals surface area contributed by atoms with Gasteiger partial charge >= 0.3 is 0 Å². The Balaban J connectivity index is 1.93. The highest BCUT2D eigenvalue weighted by Gasteiger charge is 2.26. The Morgan fingerprint density at radius 2 is 2.25 bits per heavy atom. The van der Waals surface area contributed by atoms with E-state index in [2.05, 4.69) is 0 Å². The molecule has 1 aliphatic heterocycles. The molecule has 2 rings (SSSR count). The third-order valence-electron chi connectivity index (χ3n) is 3.08. The summed E-state index contributed by atoms with van der Waals surface area (Å²) < 4.78 is 16.8. The largest absolute Gasteiger partial charge is 0.482 e. The standard InChI is InChI=1S/C13H15Cl2NO3S/c1-9-8-20(18)5-4-16(9)13(17)7-19-12-3-2-10(14)6-11(12)15/h2-3,6,9H,4-5,7-8H2,1H3/t9-,20+/m0/s1. The number of nitrogens with zero attached hydrogens (tertiary/aromatic N) is 1. The minimum atomic E-state index is -0.824. The number of carbonyl (C=O) groups excluding carboxylic acids is 1. The van der Waals surface area contributed by atoms with E-state index in [1.165, 1.54) is 0 Å². The number of rotatable bonds is 3. The van der Waals surface area contributed by atoms with Crippen molar-refractivity contribution in [2.45, 2.75) is 13.0 Å². The van der Waals surface area contributed by atoms with Crippen molar-refractivity contribution in [1.82, 2.24) is 4.90 Å². The molecule has 0 spiro atoms. The molecule has 7 heteroatoms. The lowest BCUT2D eigenvalue weighted by Crippen LogP contribution is -2.49. The number of ether oxygens (including phenoxy) is 1. The highest BCUT2D eigenvalue weighted by molar-refractivity contribution is 7.85. The summed E-state index contributed by atoms with van der Waals surface area (Å²) in [7, 11) is -0.824. The lowest BCUT2D eigenvalue weighted by Gasteiger charge is -2.32. The van der Waals surface area contributed by atoms with Gasteiger partial charge in [0.25, 0.3) is 5.91 Å². The van der Waals surface area contributed by atoms with Gasteiger partial charge in [-0.05, 0) is 25.1 Å². The zero-order valence-electron chi connectivity index (χ0n) is 11.0. The Bertz CT molecular complexity index is 538. The van der Waals surface area contributed by atoms with Gasteiger partial charge in [-0.1, -0.05) is 23.2 Å². The average molecular weight is 336 g/mol. The van der Waals surface area contributed by atoms with Crippen LogP contribution < -0.4 is 4.74 Å². The normalized spacial score (nSPS) is 22.6. The van der Waals surface area contributed by atoms with Crippen molar-refractivity contribution in [2.24, 2.45) is 0 Å². The molecule has 0 unspecified atom stereocenters. The van der Waals surface area contributed by atoms with Gasteiger partial charge in [0.05, 0.1) is 5.02 Å². The summed E-state index contributed by atoms with van der Waals surface area (Å²) in [5, 5.41) is 0.888. The molecule has 0 aliphatic carbocycles. The molecule has 110 valence electrons. The van der Waals surface area contributed by atoms with Crippen molar-refractivity contribution >= 4 is 39.9 Å². The van der Waals surface area contributed by atoms with E-state index in [0.29, 0.717) is 33.8 Å². The van der Waals surface area contributed by atoms with Crippen molar-refractivity contribution in [2.75, 3.05) is 24.7 Å². The Hall–Kier alpha value is -0.780. The first-order chi connectivity index (χ1) is 9.47. The van der Waals surface area contributed by atoms with Crippen LogP contribution in [0.2, 0.25) is 10.0 Å². The van der Waals surface area contributed by atoms with Gasteiger partial charge in [-0.2, -0.15) is 0 Å². The monoisotopic (exact) mass is 335 g/mol. The molecule has 20 heavy (non-hydrogen) atoms. The van der Waals surface area contributed by atoms with Crippen LogP contribution >= 0.6 is 23.2 Å². The fraction of sp³-hybridized carbons (Fsp3) is 0.462. The van der Waals surface area contributed by atoms with Gasteiger partial charge in [0.2, 0.25) is 0 Å². The molecule has 1 saturated heterocycles. The first-order valence-electron chi connectivity index (χ1n) is 6.19. The minimum Gasteiger partial charge on any atom is -0.482 e. The Kier molecular flexibility index (Phi) is 5.29. The molecule has 0 N–H and O–H groups in total. The number of hydrogen-bond donors (Lipinski definition) is 0. The average Bonchev–Trinajstić information content (AvgIpc) is 2.37. The molecule has 1 heterocycles. The van der Waals surface area contributed by atoms with Crippen LogP contribution in [0.1, 0.15) is 6.92 Å². The number of carbonyl (C=O) groups is 1. The molecule has 0 saturated carbocycles. The summed E-state index contributed by atoms with van der Waals surface area (Å²) in [6.45, 7) is 2.31. The molecule has 4 nitrogen and oxygen atoms in total. The molecule has 1 aromatic rings. The van der Waals surface area contributed by atoms with E-state index in [0.717, 1.165) is 0 Å². The van der Waals surface area contributed by atoms with Crippen LogP contribution in [-0.2, 0) is 15.6 Å². The Morgan fingerprint density at radius 3 is 2.90 bits per heavy atom. The van der Waals surface area contributed by atoms with Gasteiger partial charge in [-0.25, -0.2) is 0 Å². The fourth-order valence-corrected chi connectivity index (χ4v) is 3.80. The third-order valence-corrected chi connectivity index (χ3v) is 5.11. The van der Waals surface area contributed by atoms with Crippen LogP contribution in [0.4, 0.5) is 0 Å². The highest BCUT2D eigenvalue weighted by atomic mass is 35.5. The van der Waals surface area contributed by atoms with Gasteiger partial charge in [0.1, 0.15) is 5.75 Å². The van der Waals surface area contributed by atoms with Crippen LogP contribution in [0.15, 0.2) is 18.2 Å². The van der Waals surface area contributed by atoms with E-state index in [9.17, 15) is 9.00 Å². The van der Waals surface area contributed by atoms with Gasteiger partial charge in [0.15, 0.2) is 6.61 Å². The summed E-state index contributed by atoms with van der Waals surface area (Å²) in [5.74, 6) is 1.35. The number of benzene rings is 1. The Morgan fingerprint density at radius 1 is 1.50 bits per heavy atom. The maximum absolute atomic E-state index is 12.1. The van der Waals surface area contributed by atoms with Gasteiger partial charge in [-0.3, -0.25) is 9.00 Å². The van der Waals surface area contributed by atoms with E-state index in [1.54, 1.807) is 23.1 Å². The van der Waals surface area contributed by atoms with E-state index in [1.807, 2.05) is 6.92 Å². The van der Waals surface area contributed by atoms with E-state index in [-0.39, 0.29) is 18.6 Å². The molecule has 1 aliphatic rings. The zero-order chi connectivity index (χ0) is 14.7. The maximum atomic E-state index is 12.1. The lowest BCUT2D eigenvalue weighted by molar-refractivity contribution is -0.134. The zero-order valence-corrected chi connectivity index (χ0v) is 13.3. The summed E-state index contributed by atoms with van der Waals surface area (Å²) in [4.78, 5) is 13.8. The Labute approximate surface area is 130 Å². The smallest absolute Gasteiger partial charge is 0.260 e. The SMILES string of the molecule is C[C@H]1C[S@](=O)CCN1C(=O)COc1ccc(Cl)cc1Cl. The van der Waals surface area contributed by atoms with Gasteiger partial charge < -0.3 is 9.64 Å². The molecule has 0 radical (unpaired) electrons. The second-order valence-electron chi connectivity index (χ2n) is 4.61. The van der Waals surface area contributed by atoms with Crippen LogP contribution in [-0.4, -0.2) is 45.7 Å². The van der Waals surface area contributed by atoms with Crippen LogP contribution in [0.25, 0.3) is 0 Å². The minimum absolute atomic E-state index is 0.0265. The van der Waals surface area contributed by atoms with E-state index < -0.39 is 10.8 Å². The molecule has 1 fully saturated rings. The number of amides is 1. The first kappa shape index (κ1) is 15.6. The van der Waals surface area contributed by atoms with Crippen LogP contribution in [0.5, 0.6) is 5.75 Å². The molecule has 0 bridgehead atoms. The molecule has 1 amide bonds. The summed E-state index contributed by atoms with van der Waals surface area (Å²) in [5.41, 5.74) is 0. The molecule has 0 aromatic heterocycles. The van der Waals surface area contributed by atoms with Gasteiger partial charge in [-0.15, -0.1) is 0 Å². The number of hydrogen-bond acceptors (Lipinski definition) is 3. The van der Waals surface area contributed by atoms with E-state index in [4.69, 9.17) is 27.9 Å². The molecular weight excluding hydrogens is 321 g/mol. The summed E-state index contributed by atoms with van der Waals surface area (Å²) >= 11 is 11.8. The van der Waals surface area contributed by atoms with Crippen LogP contribution in [0, 0.1) is 0 Å². The predicted molar refractivity (Wildman–Crippen MR) is 81.0 cm³/mol. The quantitative estimate of drug-likeness (QED) is 0.851. The molecule has 1 aromatic carbocycles. The van der Waals surface area contributed by atoms with Crippen molar-refractivity contribution in [3.63, 3.8) is 0 Å².